The van der Waals surface area contributed by atoms with Crippen LogP contribution < -0.4 is 16.6 Å². The summed E-state index contributed by atoms with van der Waals surface area (Å²) < 4.78 is 1.47. The van der Waals surface area contributed by atoms with E-state index >= 15 is 0 Å². The number of anilines is 2. The largest absolute Gasteiger partial charge is 0.399 e. The number of aromatic nitrogens is 1. The van der Waals surface area contributed by atoms with E-state index < -0.39 is 6.04 Å². The van der Waals surface area contributed by atoms with Crippen molar-refractivity contribution in [2.45, 2.75) is 26.3 Å². The second kappa shape index (κ2) is 6.26. The van der Waals surface area contributed by atoms with Gasteiger partial charge in [-0.15, -0.1) is 0 Å². The van der Waals surface area contributed by atoms with E-state index in [4.69, 9.17) is 5.73 Å². The van der Waals surface area contributed by atoms with Crippen LogP contribution in [0.2, 0.25) is 0 Å². The van der Waals surface area contributed by atoms with Crippen molar-refractivity contribution in [2.24, 2.45) is 0 Å². The first kappa shape index (κ1) is 14.8. The van der Waals surface area contributed by atoms with Crippen molar-refractivity contribution in [1.29, 1.82) is 0 Å². The number of hydrogen-bond acceptors (Lipinski definition) is 3. The Morgan fingerprint density at radius 1 is 1.29 bits per heavy atom. The van der Waals surface area contributed by atoms with Crippen LogP contribution >= 0.6 is 0 Å². The van der Waals surface area contributed by atoms with Crippen LogP contribution in [0.1, 0.15) is 24.9 Å². The number of nitrogens with zero attached hydrogens (tertiary/aromatic N) is 1. The van der Waals surface area contributed by atoms with Gasteiger partial charge in [0.05, 0.1) is 0 Å². The Morgan fingerprint density at radius 2 is 1.95 bits per heavy atom. The maximum Gasteiger partial charge on any atom is 0.254 e. The predicted octanol–water partition coefficient (Wildman–Crippen LogP) is 2.33. The van der Waals surface area contributed by atoms with Gasteiger partial charge in [-0.1, -0.05) is 13.0 Å². The molecule has 2 aromatic rings. The minimum atomic E-state index is -0.532. The van der Waals surface area contributed by atoms with E-state index in [2.05, 4.69) is 5.32 Å². The Hall–Kier alpha value is -2.56. The molecular weight excluding hydrogens is 266 g/mol. The zero-order valence-electron chi connectivity index (χ0n) is 12.2. The minimum absolute atomic E-state index is 0.142. The summed E-state index contributed by atoms with van der Waals surface area (Å²) in [6.45, 7) is 3.62. The van der Waals surface area contributed by atoms with Crippen molar-refractivity contribution < 1.29 is 4.79 Å². The van der Waals surface area contributed by atoms with Gasteiger partial charge >= 0.3 is 0 Å². The molecule has 0 aliphatic carbocycles. The number of carbonyl (C=O) groups is 1. The average Bonchev–Trinajstić information content (AvgIpc) is 2.47. The normalized spacial score (nSPS) is 11.9. The number of pyridine rings is 1. The molecule has 1 unspecified atom stereocenters. The summed E-state index contributed by atoms with van der Waals surface area (Å²) in [5.41, 5.74) is 7.39. The lowest BCUT2D eigenvalue weighted by atomic mass is 10.1. The van der Waals surface area contributed by atoms with Crippen LogP contribution in [0.4, 0.5) is 11.4 Å². The Balaban J connectivity index is 2.24. The first-order valence-electron chi connectivity index (χ1n) is 6.87. The number of benzene rings is 1. The zero-order chi connectivity index (χ0) is 15.4. The number of nitrogens with two attached hydrogens (primary N) is 1. The fraction of sp³-hybridized carbons (Fsp3) is 0.250. The zero-order valence-corrected chi connectivity index (χ0v) is 12.2. The lowest BCUT2D eigenvalue weighted by molar-refractivity contribution is -0.119. The second-order valence-corrected chi connectivity index (χ2v) is 4.94. The monoisotopic (exact) mass is 285 g/mol. The van der Waals surface area contributed by atoms with Crippen molar-refractivity contribution in [1.82, 2.24) is 4.57 Å². The SMILES string of the molecule is CCC(C(=O)Nc1ccc(N)cc1)n1cccc(C)c1=O. The van der Waals surface area contributed by atoms with Gasteiger partial charge in [0.1, 0.15) is 6.04 Å². The van der Waals surface area contributed by atoms with Gasteiger partial charge in [0.2, 0.25) is 5.91 Å². The van der Waals surface area contributed by atoms with Crippen LogP contribution in [-0.4, -0.2) is 10.5 Å². The first-order chi connectivity index (χ1) is 10.0. The van der Waals surface area contributed by atoms with Crippen LogP contribution in [-0.2, 0) is 4.79 Å². The molecule has 21 heavy (non-hydrogen) atoms. The van der Waals surface area contributed by atoms with Crippen molar-refractivity contribution >= 4 is 17.3 Å². The fourth-order valence-electron chi connectivity index (χ4n) is 2.17. The second-order valence-electron chi connectivity index (χ2n) is 4.94. The third-order valence-corrected chi connectivity index (χ3v) is 3.37. The molecule has 2 rings (SSSR count). The Morgan fingerprint density at radius 3 is 2.57 bits per heavy atom. The third kappa shape index (κ3) is 3.31. The molecule has 1 atom stereocenters. The predicted molar refractivity (Wildman–Crippen MR) is 84.3 cm³/mol. The summed E-state index contributed by atoms with van der Waals surface area (Å²) in [6.07, 6.45) is 2.18. The third-order valence-electron chi connectivity index (χ3n) is 3.37. The number of aryl methyl sites for hydroxylation is 1. The number of hydrogen-bond donors (Lipinski definition) is 2. The lowest BCUT2D eigenvalue weighted by Gasteiger charge is -2.18. The highest BCUT2D eigenvalue weighted by Crippen LogP contribution is 2.15. The highest BCUT2D eigenvalue weighted by Gasteiger charge is 2.19. The molecular formula is C16H19N3O2. The van der Waals surface area contributed by atoms with Crippen molar-refractivity contribution in [3.63, 3.8) is 0 Å². The lowest BCUT2D eigenvalue weighted by Crippen LogP contribution is -2.33. The van der Waals surface area contributed by atoms with E-state index in [1.807, 2.05) is 6.92 Å². The van der Waals surface area contributed by atoms with Crippen molar-refractivity contribution in [2.75, 3.05) is 11.1 Å². The molecule has 1 amide bonds. The summed E-state index contributed by atoms with van der Waals surface area (Å²) in [5, 5.41) is 2.81. The minimum Gasteiger partial charge on any atom is -0.399 e. The maximum absolute atomic E-state index is 12.4. The van der Waals surface area contributed by atoms with Gasteiger partial charge in [0.25, 0.3) is 5.56 Å². The molecule has 0 saturated carbocycles. The van der Waals surface area contributed by atoms with Crippen molar-refractivity contribution in [3.05, 3.63) is 58.5 Å². The highest BCUT2D eigenvalue weighted by molar-refractivity contribution is 5.93. The van der Waals surface area contributed by atoms with E-state index in [1.165, 1.54) is 4.57 Å². The standard InChI is InChI=1S/C16H19N3O2/c1-3-14(19-10-4-5-11(2)16(19)21)15(20)18-13-8-6-12(17)7-9-13/h4-10,14H,3,17H2,1-2H3,(H,18,20). The average molecular weight is 285 g/mol. The highest BCUT2D eigenvalue weighted by atomic mass is 16.2. The molecule has 3 N–H and O–H groups in total. The van der Waals surface area contributed by atoms with Gasteiger partial charge in [-0.2, -0.15) is 0 Å². The van der Waals surface area contributed by atoms with Gasteiger partial charge in [0, 0.05) is 23.1 Å². The topological polar surface area (TPSA) is 77.1 Å². The molecule has 110 valence electrons. The molecule has 0 spiro atoms. The molecule has 5 nitrogen and oxygen atoms in total. The molecule has 0 aliphatic heterocycles. The maximum atomic E-state index is 12.4. The van der Waals surface area contributed by atoms with Crippen molar-refractivity contribution in [3.8, 4) is 0 Å². The number of nitrogens with one attached hydrogen (secondary N) is 1. The number of rotatable bonds is 4. The molecule has 0 fully saturated rings. The molecule has 0 aliphatic rings. The van der Waals surface area contributed by atoms with Crippen LogP contribution in [0.15, 0.2) is 47.4 Å². The summed E-state index contributed by atoms with van der Waals surface area (Å²) in [7, 11) is 0. The van der Waals surface area contributed by atoms with Crippen LogP contribution in [0.25, 0.3) is 0 Å². The van der Waals surface area contributed by atoms with Crippen LogP contribution in [0, 0.1) is 6.92 Å². The van der Waals surface area contributed by atoms with E-state index in [1.54, 1.807) is 49.5 Å². The summed E-state index contributed by atoms with van der Waals surface area (Å²) in [5.74, 6) is -0.213. The molecule has 1 aromatic heterocycles. The smallest absolute Gasteiger partial charge is 0.254 e. The number of nitrogen functional groups attached to an aromatic ring is 1. The van der Waals surface area contributed by atoms with Gasteiger partial charge in [-0.05, 0) is 43.7 Å². The molecule has 1 heterocycles. The Bertz CT molecular complexity index is 689. The Labute approximate surface area is 123 Å². The fourth-order valence-corrected chi connectivity index (χ4v) is 2.17. The van der Waals surface area contributed by atoms with E-state index in [-0.39, 0.29) is 11.5 Å². The van der Waals surface area contributed by atoms with Crippen LogP contribution in [0.3, 0.4) is 0 Å². The number of amides is 1. The molecule has 1 aromatic carbocycles. The van der Waals surface area contributed by atoms with Gasteiger partial charge < -0.3 is 15.6 Å². The van der Waals surface area contributed by atoms with Crippen LogP contribution in [0.5, 0.6) is 0 Å². The first-order valence-corrected chi connectivity index (χ1v) is 6.87. The van der Waals surface area contributed by atoms with E-state index in [0.717, 1.165) is 0 Å². The Kier molecular flexibility index (Phi) is 4.42. The molecule has 0 bridgehead atoms. The van der Waals surface area contributed by atoms with Gasteiger partial charge in [-0.3, -0.25) is 9.59 Å². The summed E-state index contributed by atoms with van der Waals surface area (Å²) in [4.78, 5) is 24.5. The van der Waals surface area contributed by atoms with Gasteiger partial charge in [0.15, 0.2) is 0 Å². The number of carbonyl (C=O) groups excluding carboxylic acids is 1. The summed E-state index contributed by atoms with van der Waals surface area (Å²) >= 11 is 0. The van der Waals surface area contributed by atoms with E-state index in [0.29, 0.717) is 23.4 Å². The molecule has 5 heteroatoms. The molecule has 0 radical (unpaired) electrons. The van der Waals surface area contributed by atoms with Gasteiger partial charge in [-0.25, -0.2) is 0 Å². The summed E-state index contributed by atoms with van der Waals surface area (Å²) in [6, 6.07) is 9.89. The van der Waals surface area contributed by atoms with E-state index in [9.17, 15) is 9.59 Å². The molecule has 0 saturated heterocycles. The quantitative estimate of drug-likeness (QED) is 0.846.